The van der Waals surface area contributed by atoms with Crippen molar-refractivity contribution in [3.8, 4) is 0 Å². The third kappa shape index (κ3) is 4.28. The van der Waals surface area contributed by atoms with Gasteiger partial charge in [0.2, 0.25) is 0 Å². The predicted molar refractivity (Wildman–Crippen MR) is 121 cm³/mol. The van der Waals surface area contributed by atoms with Gasteiger partial charge in [-0.05, 0) is 47.6 Å². The average molecular weight is 396 g/mol. The Balaban J connectivity index is 0.00000150. The summed E-state index contributed by atoms with van der Waals surface area (Å²) in [6.45, 7) is 7.05. The van der Waals surface area contributed by atoms with Gasteiger partial charge in [0.05, 0.1) is 6.61 Å². The highest BCUT2D eigenvalue weighted by atomic mass is 16.5. The first-order chi connectivity index (χ1) is 13.1. The molecule has 0 saturated heterocycles. The molecule has 1 saturated carbocycles. The zero-order valence-electron chi connectivity index (χ0n) is 17.7. The Morgan fingerprint density at radius 2 is 1.83 bits per heavy atom. The van der Waals surface area contributed by atoms with E-state index in [1.54, 1.807) is 0 Å². The molecule has 1 aliphatic heterocycles. The van der Waals surface area contributed by atoms with Gasteiger partial charge in [-0.3, -0.25) is 0 Å². The Morgan fingerprint density at radius 1 is 1.14 bits per heavy atom. The molecule has 1 heterocycles. The number of allylic oxidation sites excluding steroid dienone is 2. The van der Waals surface area contributed by atoms with E-state index in [0.717, 1.165) is 29.9 Å². The highest BCUT2D eigenvalue weighted by Crippen LogP contribution is 2.45. The highest BCUT2D eigenvalue weighted by molar-refractivity contribution is 5.88. The number of nitrogens with one attached hydrogen (secondary N) is 1. The maximum Gasteiger partial charge on any atom is 0.193 e. The molecule has 0 aromatic heterocycles. The van der Waals surface area contributed by atoms with Crippen molar-refractivity contribution in [2.45, 2.75) is 39.7 Å². The second kappa shape index (κ2) is 9.11. The van der Waals surface area contributed by atoms with Crippen LogP contribution in [0.2, 0.25) is 0 Å². The van der Waals surface area contributed by atoms with Crippen LogP contribution in [0.25, 0.3) is 10.8 Å². The Bertz CT molecular complexity index is 963. The summed E-state index contributed by atoms with van der Waals surface area (Å²) in [6.07, 6.45) is 2.21. The lowest BCUT2D eigenvalue weighted by molar-refractivity contribution is 0.231. The molecular formula is C23H33N5O. The number of benzene rings is 2. The van der Waals surface area contributed by atoms with Gasteiger partial charge in [0.25, 0.3) is 0 Å². The van der Waals surface area contributed by atoms with Crippen molar-refractivity contribution in [2.75, 3.05) is 6.61 Å². The summed E-state index contributed by atoms with van der Waals surface area (Å²) in [5.41, 5.74) is 11.0. The molecule has 2 aromatic carbocycles. The molecule has 1 atom stereocenters. The van der Waals surface area contributed by atoms with Crippen molar-refractivity contribution in [3.05, 3.63) is 70.6 Å². The lowest BCUT2D eigenvalue weighted by atomic mass is 9.88. The average Bonchev–Trinajstić information content (AvgIpc) is 3.50. The summed E-state index contributed by atoms with van der Waals surface area (Å²) in [7, 11) is 0. The second-order valence-electron chi connectivity index (χ2n) is 7.46. The van der Waals surface area contributed by atoms with E-state index in [0.29, 0.717) is 18.5 Å². The minimum absolute atomic E-state index is 0. The van der Waals surface area contributed by atoms with Gasteiger partial charge in [-0.25, -0.2) is 4.99 Å². The summed E-state index contributed by atoms with van der Waals surface area (Å²) in [5, 5.41) is 5.75. The molecule has 9 N–H and O–H groups in total. The van der Waals surface area contributed by atoms with Crippen LogP contribution in [0.4, 0.5) is 0 Å². The lowest BCUT2D eigenvalue weighted by Gasteiger charge is -2.31. The van der Waals surface area contributed by atoms with Gasteiger partial charge in [0.15, 0.2) is 5.96 Å². The van der Waals surface area contributed by atoms with Crippen LogP contribution in [0.3, 0.4) is 0 Å². The molecule has 0 amide bonds. The SMILES string of the molecule is CCOC(=C1CC1)C1=C(C(C)C)NC(N)=NC1c1cccc2ccccc12.N.N. The fourth-order valence-electron chi connectivity index (χ4n) is 3.81. The van der Waals surface area contributed by atoms with Gasteiger partial charge in [0, 0.05) is 11.3 Å². The van der Waals surface area contributed by atoms with E-state index >= 15 is 0 Å². The van der Waals surface area contributed by atoms with Gasteiger partial charge < -0.3 is 28.1 Å². The molecule has 29 heavy (non-hydrogen) atoms. The Hall–Kier alpha value is -2.83. The monoisotopic (exact) mass is 395 g/mol. The third-order valence-electron chi connectivity index (χ3n) is 5.14. The predicted octanol–water partition coefficient (Wildman–Crippen LogP) is 5.12. The van der Waals surface area contributed by atoms with Crippen molar-refractivity contribution < 1.29 is 4.74 Å². The Labute approximate surface area is 173 Å². The molecule has 156 valence electrons. The molecule has 0 spiro atoms. The van der Waals surface area contributed by atoms with Crippen LogP contribution in [0.15, 0.2) is 70.1 Å². The summed E-state index contributed by atoms with van der Waals surface area (Å²) in [5.74, 6) is 1.78. The molecule has 1 fully saturated rings. The fourth-order valence-corrected chi connectivity index (χ4v) is 3.81. The molecule has 6 heteroatoms. The quantitative estimate of drug-likeness (QED) is 0.522. The number of rotatable bonds is 5. The maximum absolute atomic E-state index is 6.21. The molecule has 2 aromatic rings. The summed E-state index contributed by atoms with van der Waals surface area (Å²) in [4.78, 5) is 4.84. The third-order valence-corrected chi connectivity index (χ3v) is 5.14. The number of fused-ring (bicyclic) bond motifs is 1. The van der Waals surface area contributed by atoms with Gasteiger partial charge >= 0.3 is 0 Å². The van der Waals surface area contributed by atoms with Crippen molar-refractivity contribution in [1.82, 2.24) is 17.6 Å². The van der Waals surface area contributed by atoms with Crippen LogP contribution in [0.1, 0.15) is 45.2 Å². The summed E-state index contributed by atoms with van der Waals surface area (Å²) >= 11 is 0. The van der Waals surface area contributed by atoms with Crippen LogP contribution < -0.4 is 23.4 Å². The normalized spacial score (nSPS) is 17.9. The van der Waals surface area contributed by atoms with E-state index < -0.39 is 0 Å². The van der Waals surface area contributed by atoms with Crippen molar-refractivity contribution in [2.24, 2.45) is 16.6 Å². The minimum atomic E-state index is -0.163. The first-order valence-corrected chi connectivity index (χ1v) is 9.77. The van der Waals surface area contributed by atoms with Gasteiger partial charge in [-0.2, -0.15) is 0 Å². The number of nitrogens with zero attached hydrogens (tertiary/aromatic N) is 1. The minimum Gasteiger partial charge on any atom is -0.493 e. The first-order valence-electron chi connectivity index (χ1n) is 9.77. The van der Waals surface area contributed by atoms with Crippen LogP contribution >= 0.6 is 0 Å². The molecule has 2 aliphatic rings. The second-order valence-corrected chi connectivity index (χ2v) is 7.46. The smallest absolute Gasteiger partial charge is 0.193 e. The molecular weight excluding hydrogens is 362 g/mol. The van der Waals surface area contributed by atoms with E-state index in [2.05, 4.69) is 61.6 Å². The highest BCUT2D eigenvalue weighted by Gasteiger charge is 2.34. The lowest BCUT2D eigenvalue weighted by Crippen LogP contribution is -2.38. The molecule has 0 bridgehead atoms. The number of aliphatic imine (C=N–C) groups is 1. The Kier molecular flexibility index (Phi) is 7.06. The molecule has 0 radical (unpaired) electrons. The summed E-state index contributed by atoms with van der Waals surface area (Å²) in [6, 6.07) is 14.7. The van der Waals surface area contributed by atoms with E-state index in [1.807, 2.05) is 6.92 Å². The first kappa shape index (κ1) is 22.5. The number of ether oxygens (including phenoxy) is 1. The number of guanidine groups is 1. The van der Waals surface area contributed by atoms with E-state index in [1.165, 1.54) is 21.9 Å². The number of hydrogen-bond acceptors (Lipinski definition) is 6. The van der Waals surface area contributed by atoms with Gasteiger partial charge in [0.1, 0.15) is 11.8 Å². The number of nitrogens with two attached hydrogens (primary N) is 1. The molecule has 4 rings (SSSR count). The van der Waals surface area contributed by atoms with Gasteiger partial charge in [-0.15, -0.1) is 0 Å². The van der Waals surface area contributed by atoms with E-state index in [-0.39, 0.29) is 18.3 Å². The molecule has 1 unspecified atom stereocenters. The van der Waals surface area contributed by atoms with Gasteiger partial charge in [-0.1, -0.05) is 56.3 Å². The van der Waals surface area contributed by atoms with E-state index in [4.69, 9.17) is 15.5 Å². The molecule has 1 aliphatic carbocycles. The zero-order chi connectivity index (χ0) is 19.0. The largest absolute Gasteiger partial charge is 0.493 e. The standard InChI is InChI=1S/C23H27N3O.2H3N/c1-4-27-22(16-12-13-16)19-20(14(2)3)25-23(24)26-21(19)18-11-7-9-15-8-5-6-10-17(15)18;;/h5-11,14,21H,4,12-13H2,1-3H3,(H3,24,25,26);2*1H3. The van der Waals surface area contributed by atoms with Crippen LogP contribution in [-0.4, -0.2) is 12.6 Å². The van der Waals surface area contributed by atoms with Crippen LogP contribution in [-0.2, 0) is 4.74 Å². The molecule has 6 nitrogen and oxygen atoms in total. The topological polar surface area (TPSA) is 130 Å². The fraction of sp³-hybridized carbons (Fsp3) is 0.348. The van der Waals surface area contributed by atoms with E-state index in [9.17, 15) is 0 Å². The van der Waals surface area contributed by atoms with Crippen LogP contribution in [0, 0.1) is 5.92 Å². The van der Waals surface area contributed by atoms with Crippen molar-refractivity contribution in [1.29, 1.82) is 0 Å². The maximum atomic E-state index is 6.21. The zero-order valence-corrected chi connectivity index (χ0v) is 17.7. The Morgan fingerprint density at radius 3 is 2.48 bits per heavy atom. The van der Waals surface area contributed by atoms with Crippen molar-refractivity contribution in [3.63, 3.8) is 0 Å². The van der Waals surface area contributed by atoms with Crippen LogP contribution in [0.5, 0.6) is 0 Å². The number of hydrogen-bond donors (Lipinski definition) is 4. The van der Waals surface area contributed by atoms with Crippen molar-refractivity contribution >= 4 is 16.7 Å². The summed E-state index contributed by atoms with van der Waals surface area (Å²) < 4.78 is 6.16.